The Kier molecular flexibility index (Phi) is 4.61. The number of nitrogens with zero attached hydrogens (tertiary/aromatic N) is 1. The normalized spacial score (nSPS) is 27.9. The molecule has 1 heterocycles. The summed E-state index contributed by atoms with van der Waals surface area (Å²) in [4.78, 5) is 2.23. The zero-order valence-corrected chi connectivity index (χ0v) is 9.69. The first-order valence-electron chi connectivity index (χ1n) is 5.09. The second-order valence-electron chi connectivity index (χ2n) is 4.43. The van der Waals surface area contributed by atoms with Crippen molar-refractivity contribution in [2.24, 2.45) is 0 Å². The minimum atomic E-state index is -0.247. The van der Waals surface area contributed by atoms with Gasteiger partial charge in [0.15, 0.2) is 0 Å². The summed E-state index contributed by atoms with van der Waals surface area (Å²) in [6.07, 6.45) is 0.686. The summed E-state index contributed by atoms with van der Waals surface area (Å²) >= 11 is 5.78. The molecule has 2 nitrogen and oxygen atoms in total. The maximum absolute atomic E-state index is 12.0. The lowest BCUT2D eigenvalue weighted by Gasteiger charge is -2.42. The fraction of sp³-hybridized carbons (Fsp3) is 1.00. The summed E-state index contributed by atoms with van der Waals surface area (Å²) in [6, 6.07) is 0. The van der Waals surface area contributed by atoms with Crippen molar-refractivity contribution >= 4 is 11.6 Å². The highest BCUT2D eigenvalue weighted by atomic mass is 35.5. The minimum absolute atomic E-state index is 0.0834. The summed E-state index contributed by atoms with van der Waals surface area (Å²) in [5.41, 5.74) is -0.159. The highest BCUT2D eigenvalue weighted by molar-refractivity contribution is 6.18. The molecule has 1 aliphatic rings. The molecule has 1 atom stereocenters. The van der Waals surface area contributed by atoms with Crippen LogP contribution in [0.5, 0.6) is 0 Å². The first kappa shape index (κ1) is 12.2. The average molecular weight is 224 g/mol. The molecule has 1 aliphatic heterocycles. The standard InChI is InChI=1S/C10H19ClFNO/c1-10(2)8-13(5-3-4-12)7-9(6-11)14-10/h9H,3-8H2,1-2H3. The number of alkyl halides is 2. The van der Waals surface area contributed by atoms with E-state index >= 15 is 0 Å². The van der Waals surface area contributed by atoms with Crippen LogP contribution in [0.15, 0.2) is 0 Å². The molecule has 1 rings (SSSR count). The Morgan fingerprint density at radius 1 is 1.57 bits per heavy atom. The second-order valence-corrected chi connectivity index (χ2v) is 4.74. The van der Waals surface area contributed by atoms with Crippen molar-refractivity contribution in [2.75, 3.05) is 32.2 Å². The fourth-order valence-corrected chi connectivity index (χ4v) is 2.11. The van der Waals surface area contributed by atoms with Crippen LogP contribution in [0.1, 0.15) is 20.3 Å². The van der Waals surface area contributed by atoms with E-state index in [1.807, 2.05) is 13.8 Å². The summed E-state index contributed by atoms with van der Waals surface area (Å²) in [5, 5.41) is 0. The summed E-state index contributed by atoms with van der Waals surface area (Å²) in [5.74, 6) is 0.509. The van der Waals surface area contributed by atoms with Crippen molar-refractivity contribution in [2.45, 2.75) is 32.0 Å². The van der Waals surface area contributed by atoms with E-state index in [1.54, 1.807) is 0 Å². The number of ether oxygens (including phenoxy) is 1. The van der Waals surface area contributed by atoms with Gasteiger partial charge in [0, 0.05) is 25.5 Å². The summed E-state index contributed by atoms with van der Waals surface area (Å²) in [6.45, 7) is 6.34. The molecule has 4 heteroatoms. The van der Waals surface area contributed by atoms with Gasteiger partial charge in [0.05, 0.1) is 18.4 Å². The molecule has 0 aromatic carbocycles. The monoisotopic (exact) mass is 223 g/mol. The maximum atomic E-state index is 12.0. The number of morpholine rings is 1. The molecular formula is C10H19ClFNO. The van der Waals surface area contributed by atoms with Gasteiger partial charge in [-0.1, -0.05) is 0 Å². The van der Waals surface area contributed by atoms with E-state index in [4.69, 9.17) is 16.3 Å². The van der Waals surface area contributed by atoms with Crippen LogP contribution in [-0.4, -0.2) is 48.8 Å². The Morgan fingerprint density at radius 2 is 2.29 bits per heavy atom. The van der Waals surface area contributed by atoms with Gasteiger partial charge in [-0.05, 0) is 20.3 Å². The highest BCUT2D eigenvalue weighted by Crippen LogP contribution is 2.21. The fourth-order valence-electron chi connectivity index (χ4n) is 1.95. The van der Waals surface area contributed by atoms with Crippen molar-refractivity contribution in [3.05, 3.63) is 0 Å². The number of hydrogen-bond acceptors (Lipinski definition) is 2. The highest BCUT2D eigenvalue weighted by Gasteiger charge is 2.32. The Morgan fingerprint density at radius 3 is 2.86 bits per heavy atom. The van der Waals surface area contributed by atoms with Crippen molar-refractivity contribution in [3.8, 4) is 0 Å². The van der Waals surface area contributed by atoms with Gasteiger partial charge in [-0.3, -0.25) is 9.29 Å². The molecule has 0 aromatic heterocycles. The molecule has 0 bridgehead atoms. The van der Waals surface area contributed by atoms with E-state index in [2.05, 4.69) is 4.90 Å². The molecule has 0 aromatic rings. The van der Waals surface area contributed by atoms with Crippen LogP contribution >= 0.6 is 11.6 Å². The molecule has 0 radical (unpaired) electrons. The maximum Gasteiger partial charge on any atom is 0.0906 e. The summed E-state index contributed by atoms with van der Waals surface area (Å²) in [7, 11) is 0. The van der Waals surface area contributed by atoms with Gasteiger partial charge < -0.3 is 4.74 Å². The van der Waals surface area contributed by atoms with E-state index in [-0.39, 0.29) is 18.4 Å². The minimum Gasteiger partial charge on any atom is -0.368 e. The average Bonchev–Trinajstić information content (AvgIpc) is 2.12. The van der Waals surface area contributed by atoms with Crippen LogP contribution in [-0.2, 0) is 4.74 Å². The third-order valence-corrected chi connectivity index (χ3v) is 2.68. The summed E-state index contributed by atoms with van der Waals surface area (Å²) < 4.78 is 17.8. The Bertz CT molecular complexity index is 178. The molecule has 84 valence electrons. The van der Waals surface area contributed by atoms with Crippen molar-refractivity contribution in [3.63, 3.8) is 0 Å². The van der Waals surface area contributed by atoms with E-state index < -0.39 is 0 Å². The van der Waals surface area contributed by atoms with Gasteiger partial charge in [-0.2, -0.15) is 0 Å². The van der Waals surface area contributed by atoms with Crippen molar-refractivity contribution in [1.29, 1.82) is 0 Å². The first-order chi connectivity index (χ1) is 6.57. The van der Waals surface area contributed by atoms with E-state index in [9.17, 15) is 4.39 Å². The lowest BCUT2D eigenvalue weighted by Crippen LogP contribution is -2.53. The first-order valence-corrected chi connectivity index (χ1v) is 5.63. The molecule has 0 N–H and O–H groups in total. The van der Waals surface area contributed by atoms with Crippen LogP contribution < -0.4 is 0 Å². The van der Waals surface area contributed by atoms with Gasteiger partial charge in [-0.15, -0.1) is 11.6 Å². The molecule has 14 heavy (non-hydrogen) atoms. The number of rotatable bonds is 4. The number of hydrogen-bond donors (Lipinski definition) is 0. The third-order valence-electron chi connectivity index (χ3n) is 2.33. The van der Waals surface area contributed by atoms with Crippen LogP contribution in [0.3, 0.4) is 0 Å². The van der Waals surface area contributed by atoms with Gasteiger partial charge in [-0.25, -0.2) is 0 Å². The van der Waals surface area contributed by atoms with E-state index in [1.165, 1.54) is 0 Å². The molecule has 0 amide bonds. The van der Waals surface area contributed by atoms with Crippen molar-refractivity contribution < 1.29 is 9.13 Å². The topological polar surface area (TPSA) is 12.5 Å². The largest absolute Gasteiger partial charge is 0.368 e. The lowest BCUT2D eigenvalue weighted by atomic mass is 10.1. The van der Waals surface area contributed by atoms with Crippen LogP contribution in [0.2, 0.25) is 0 Å². The Balaban J connectivity index is 2.43. The van der Waals surface area contributed by atoms with Crippen molar-refractivity contribution in [1.82, 2.24) is 4.90 Å². The van der Waals surface area contributed by atoms with Crippen LogP contribution in [0.25, 0.3) is 0 Å². The molecule has 1 fully saturated rings. The zero-order chi connectivity index (χ0) is 10.6. The van der Waals surface area contributed by atoms with Gasteiger partial charge in [0.25, 0.3) is 0 Å². The Labute approximate surface area is 90.4 Å². The molecule has 0 aliphatic carbocycles. The molecule has 0 saturated carbocycles. The predicted molar refractivity (Wildman–Crippen MR) is 56.7 cm³/mol. The SMILES string of the molecule is CC1(C)CN(CCCF)CC(CCl)O1. The lowest BCUT2D eigenvalue weighted by molar-refractivity contribution is -0.127. The number of halogens is 2. The third kappa shape index (κ3) is 3.71. The molecule has 1 unspecified atom stereocenters. The van der Waals surface area contributed by atoms with E-state index in [0.717, 1.165) is 19.6 Å². The predicted octanol–water partition coefficient (Wildman–Crippen LogP) is 2.06. The van der Waals surface area contributed by atoms with E-state index in [0.29, 0.717) is 12.3 Å². The molecular weight excluding hydrogens is 205 g/mol. The zero-order valence-electron chi connectivity index (χ0n) is 8.93. The van der Waals surface area contributed by atoms with Gasteiger partial charge >= 0.3 is 0 Å². The molecule has 0 spiro atoms. The molecule has 1 saturated heterocycles. The quantitative estimate of drug-likeness (QED) is 0.677. The second kappa shape index (κ2) is 5.29. The van der Waals surface area contributed by atoms with Gasteiger partial charge in [0.1, 0.15) is 0 Å². The smallest absolute Gasteiger partial charge is 0.0906 e. The van der Waals surface area contributed by atoms with Gasteiger partial charge in [0.2, 0.25) is 0 Å². The van der Waals surface area contributed by atoms with Crippen LogP contribution in [0.4, 0.5) is 4.39 Å². The van der Waals surface area contributed by atoms with Crippen LogP contribution in [0, 0.1) is 0 Å². The Hall–Kier alpha value is 0.140.